The molecule has 2 aromatic heterocycles. The number of non-ortho nitro benzene ring substituents is 1. The second-order valence-corrected chi connectivity index (χ2v) is 7.61. The van der Waals surface area contributed by atoms with Gasteiger partial charge in [0.15, 0.2) is 5.78 Å². The van der Waals surface area contributed by atoms with Gasteiger partial charge < -0.3 is 4.57 Å². The minimum Gasteiger partial charge on any atom is -0.318 e. The van der Waals surface area contributed by atoms with Gasteiger partial charge in [-0.15, -0.1) is 0 Å². The molecular formula is C23H19FN4O4. The first-order valence-electron chi connectivity index (χ1n) is 9.79. The fraction of sp³-hybridized carbons (Fsp3) is 0.174. The van der Waals surface area contributed by atoms with Crippen LogP contribution in [0.1, 0.15) is 27.3 Å². The van der Waals surface area contributed by atoms with Gasteiger partial charge in [0.25, 0.3) is 11.2 Å². The van der Waals surface area contributed by atoms with E-state index in [1.165, 1.54) is 24.5 Å². The Morgan fingerprint density at radius 3 is 2.56 bits per heavy atom. The van der Waals surface area contributed by atoms with Gasteiger partial charge in [-0.1, -0.05) is 6.07 Å². The number of nitro benzene ring substituents is 1. The number of ketones is 1. The number of fused-ring (bicyclic) bond motifs is 1. The molecule has 2 aromatic carbocycles. The number of nitrogens with zero attached hydrogens (tertiary/aromatic N) is 4. The molecule has 9 heteroatoms. The molecule has 0 atom stereocenters. The first-order chi connectivity index (χ1) is 15.2. The van der Waals surface area contributed by atoms with Crippen LogP contribution in [0.2, 0.25) is 0 Å². The van der Waals surface area contributed by atoms with E-state index in [9.17, 15) is 24.1 Å². The van der Waals surface area contributed by atoms with Crippen molar-refractivity contribution < 1.29 is 14.1 Å². The molecule has 0 unspecified atom stereocenters. The van der Waals surface area contributed by atoms with Gasteiger partial charge in [-0.05, 0) is 50.6 Å². The normalized spacial score (nSPS) is 11.1. The third-order valence-corrected chi connectivity index (χ3v) is 5.48. The Morgan fingerprint density at radius 1 is 1.12 bits per heavy atom. The molecule has 0 saturated carbocycles. The van der Waals surface area contributed by atoms with Gasteiger partial charge in [-0.25, -0.2) is 9.37 Å². The van der Waals surface area contributed by atoms with Crippen molar-refractivity contribution in [2.24, 2.45) is 0 Å². The highest BCUT2D eigenvalue weighted by atomic mass is 19.1. The number of aryl methyl sites for hydroxylation is 2. The van der Waals surface area contributed by atoms with Crippen LogP contribution in [0.4, 0.5) is 10.1 Å². The van der Waals surface area contributed by atoms with Gasteiger partial charge in [0.2, 0.25) is 0 Å². The number of halogens is 1. The van der Waals surface area contributed by atoms with Crippen LogP contribution in [-0.2, 0) is 6.54 Å². The fourth-order valence-corrected chi connectivity index (χ4v) is 3.78. The number of aromatic nitrogens is 3. The Morgan fingerprint density at radius 2 is 1.88 bits per heavy atom. The Kier molecular flexibility index (Phi) is 5.17. The molecule has 0 amide bonds. The minimum absolute atomic E-state index is 0.0649. The number of rotatable bonds is 5. The zero-order chi connectivity index (χ0) is 23.2. The highest BCUT2D eigenvalue weighted by molar-refractivity contribution is 5.97. The van der Waals surface area contributed by atoms with Crippen molar-refractivity contribution >= 4 is 22.4 Å². The van der Waals surface area contributed by atoms with Gasteiger partial charge in [0, 0.05) is 34.8 Å². The maximum absolute atomic E-state index is 14.1. The van der Waals surface area contributed by atoms with Crippen molar-refractivity contribution in [3.8, 4) is 5.69 Å². The lowest BCUT2D eigenvalue weighted by atomic mass is 10.1. The van der Waals surface area contributed by atoms with E-state index in [1.54, 1.807) is 36.6 Å². The van der Waals surface area contributed by atoms with E-state index in [0.717, 1.165) is 16.3 Å². The lowest BCUT2D eigenvalue weighted by molar-refractivity contribution is -0.384. The van der Waals surface area contributed by atoms with Gasteiger partial charge in [0.05, 0.1) is 28.7 Å². The predicted molar refractivity (Wildman–Crippen MR) is 117 cm³/mol. The number of benzene rings is 2. The van der Waals surface area contributed by atoms with E-state index >= 15 is 0 Å². The Bertz CT molecular complexity index is 1470. The third-order valence-electron chi connectivity index (χ3n) is 5.48. The topological polar surface area (TPSA) is 100 Å². The van der Waals surface area contributed by atoms with Crippen molar-refractivity contribution in [1.82, 2.24) is 14.1 Å². The summed E-state index contributed by atoms with van der Waals surface area (Å²) < 4.78 is 17.0. The summed E-state index contributed by atoms with van der Waals surface area (Å²) >= 11 is 0. The summed E-state index contributed by atoms with van der Waals surface area (Å²) in [6.45, 7) is 4.96. The number of carbonyl (C=O) groups excluding carboxylic acids is 1. The number of Topliss-reactive ketones (excluding diaryl/α,β-unsaturated/α-hetero) is 1. The first-order valence-corrected chi connectivity index (χ1v) is 9.79. The fourth-order valence-electron chi connectivity index (χ4n) is 3.78. The SMILES string of the molecule is Cc1ccc(-n2c(C)cc(C(=O)Cn3cnc4ccc([N+](=O)[O-])cc4c3=O)c2C)cc1F. The molecule has 2 heterocycles. The summed E-state index contributed by atoms with van der Waals surface area (Å²) in [4.78, 5) is 40.4. The molecule has 8 nitrogen and oxygen atoms in total. The number of hydrogen-bond acceptors (Lipinski definition) is 5. The van der Waals surface area contributed by atoms with Crippen LogP contribution < -0.4 is 5.56 Å². The van der Waals surface area contributed by atoms with Crippen LogP contribution in [0.5, 0.6) is 0 Å². The maximum Gasteiger partial charge on any atom is 0.270 e. The third kappa shape index (κ3) is 3.58. The predicted octanol–water partition coefficient (Wildman–Crippen LogP) is 4.04. The van der Waals surface area contributed by atoms with E-state index in [1.807, 2.05) is 6.92 Å². The van der Waals surface area contributed by atoms with Crippen molar-refractivity contribution in [1.29, 1.82) is 0 Å². The van der Waals surface area contributed by atoms with E-state index in [0.29, 0.717) is 28.0 Å². The number of nitro groups is 1. The summed E-state index contributed by atoms with van der Waals surface area (Å²) in [5.74, 6) is -0.670. The molecule has 0 aliphatic carbocycles. The Labute approximate surface area is 181 Å². The molecule has 0 N–H and O–H groups in total. The smallest absolute Gasteiger partial charge is 0.270 e. The van der Waals surface area contributed by atoms with Crippen molar-refractivity contribution in [2.45, 2.75) is 27.3 Å². The lowest BCUT2D eigenvalue weighted by Crippen LogP contribution is -2.25. The van der Waals surface area contributed by atoms with E-state index < -0.39 is 10.5 Å². The summed E-state index contributed by atoms with van der Waals surface area (Å²) in [5.41, 5.74) is 2.42. The van der Waals surface area contributed by atoms with E-state index in [2.05, 4.69) is 4.98 Å². The maximum atomic E-state index is 14.1. The van der Waals surface area contributed by atoms with Crippen LogP contribution >= 0.6 is 0 Å². The summed E-state index contributed by atoms with van der Waals surface area (Å²) in [7, 11) is 0. The molecule has 0 bridgehead atoms. The van der Waals surface area contributed by atoms with Crippen molar-refractivity contribution in [2.75, 3.05) is 0 Å². The minimum atomic E-state index is -0.593. The molecule has 4 rings (SSSR count). The van der Waals surface area contributed by atoms with E-state index in [4.69, 9.17) is 0 Å². The second kappa shape index (κ2) is 7.84. The second-order valence-electron chi connectivity index (χ2n) is 7.61. The highest BCUT2D eigenvalue weighted by Gasteiger charge is 2.19. The summed E-state index contributed by atoms with van der Waals surface area (Å²) in [6.07, 6.45) is 1.25. The summed E-state index contributed by atoms with van der Waals surface area (Å²) in [5, 5.41) is 11.1. The average Bonchev–Trinajstić information content (AvgIpc) is 3.06. The average molecular weight is 434 g/mol. The largest absolute Gasteiger partial charge is 0.318 e. The molecule has 4 aromatic rings. The van der Waals surface area contributed by atoms with Gasteiger partial charge in [0.1, 0.15) is 5.82 Å². The molecular weight excluding hydrogens is 415 g/mol. The van der Waals surface area contributed by atoms with E-state index in [-0.39, 0.29) is 29.2 Å². The number of hydrogen-bond donors (Lipinski definition) is 0. The standard InChI is InChI=1S/C23H19FN4O4/c1-13-4-5-16(10-20(13)24)27-14(2)8-18(15(27)3)22(29)11-26-12-25-21-7-6-17(28(31)32)9-19(21)23(26)30/h4-10,12H,11H2,1-3H3. The van der Waals surface area contributed by atoms with Crippen LogP contribution in [0.25, 0.3) is 16.6 Å². The van der Waals surface area contributed by atoms with Gasteiger partial charge in [-0.2, -0.15) is 0 Å². The molecule has 0 aliphatic heterocycles. The van der Waals surface area contributed by atoms with Crippen LogP contribution in [0.15, 0.2) is 53.6 Å². The molecule has 32 heavy (non-hydrogen) atoms. The van der Waals surface area contributed by atoms with Crippen molar-refractivity contribution in [3.05, 3.63) is 97.6 Å². The monoisotopic (exact) mass is 434 g/mol. The zero-order valence-electron chi connectivity index (χ0n) is 17.6. The van der Waals surface area contributed by atoms with Crippen LogP contribution in [-0.4, -0.2) is 24.8 Å². The summed E-state index contributed by atoms with van der Waals surface area (Å²) in [6, 6.07) is 10.4. The van der Waals surface area contributed by atoms with Gasteiger partial charge in [-0.3, -0.25) is 24.3 Å². The lowest BCUT2D eigenvalue weighted by Gasteiger charge is -2.11. The Hall–Kier alpha value is -4.14. The molecule has 0 aliphatic rings. The molecule has 162 valence electrons. The number of carbonyl (C=O) groups is 1. The Balaban J connectivity index is 1.71. The van der Waals surface area contributed by atoms with Crippen molar-refractivity contribution in [3.63, 3.8) is 0 Å². The molecule has 0 fully saturated rings. The highest BCUT2D eigenvalue weighted by Crippen LogP contribution is 2.23. The van der Waals surface area contributed by atoms with Crippen LogP contribution in [0.3, 0.4) is 0 Å². The molecule has 0 saturated heterocycles. The van der Waals surface area contributed by atoms with Crippen LogP contribution in [0, 0.1) is 36.7 Å². The quantitative estimate of drug-likeness (QED) is 0.268. The molecule has 0 spiro atoms. The zero-order valence-corrected chi connectivity index (χ0v) is 17.6. The van der Waals surface area contributed by atoms with Gasteiger partial charge >= 0.3 is 0 Å². The molecule has 0 radical (unpaired) electrons. The first kappa shape index (κ1) is 21.1.